The Balaban J connectivity index is 2.25. The van der Waals surface area contributed by atoms with Crippen LogP contribution in [0, 0.1) is 6.92 Å². The molecule has 0 aliphatic carbocycles. The van der Waals surface area contributed by atoms with Crippen LogP contribution in [0.2, 0.25) is 5.02 Å². The van der Waals surface area contributed by atoms with E-state index >= 15 is 0 Å². The van der Waals surface area contributed by atoms with Gasteiger partial charge in [-0.2, -0.15) is 0 Å². The van der Waals surface area contributed by atoms with Crippen LogP contribution in [0.25, 0.3) is 0 Å². The maximum atomic E-state index is 6.21. The number of halogens is 1. The molecule has 1 atom stereocenters. The summed E-state index contributed by atoms with van der Waals surface area (Å²) in [6, 6.07) is 4.63. The lowest BCUT2D eigenvalue weighted by molar-refractivity contribution is 0.718. The van der Waals surface area contributed by atoms with Crippen LogP contribution >= 0.6 is 23.4 Å². The van der Waals surface area contributed by atoms with Gasteiger partial charge >= 0.3 is 0 Å². The van der Waals surface area contributed by atoms with Crippen LogP contribution in [0.15, 0.2) is 17.0 Å². The fourth-order valence-corrected chi connectivity index (χ4v) is 3.35. The predicted molar refractivity (Wildman–Crippen MR) is 68.0 cm³/mol. The van der Waals surface area contributed by atoms with Crippen LogP contribution in [-0.2, 0) is 0 Å². The fourth-order valence-electron chi connectivity index (χ4n) is 1.76. The molecule has 0 fully saturated rings. The van der Waals surface area contributed by atoms with Crippen LogP contribution < -0.4 is 11.1 Å². The van der Waals surface area contributed by atoms with E-state index in [1.165, 1.54) is 10.5 Å². The molecule has 1 aliphatic rings. The summed E-state index contributed by atoms with van der Waals surface area (Å²) < 4.78 is 0. The molecule has 1 aromatic carbocycles. The molecule has 1 unspecified atom stereocenters. The largest absolute Gasteiger partial charge is 0.379 e. The highest BCUT2D eigenvalue weighted by molar-refractivity contribution is 7.99. The van der Waals surface area contributed by atoms with E-state index in [-0.39, 0.29) is 0 Å². The van der Waals surface area contributed by atoms with E-state index < -0.39 is 0 Å². The second kappa shape index (κ2) is 4.64. The Morgan fingerprint density at radius 3 is 3.13 bits per heavy atom. The summed E-state index contributed by atoms with van der Waals surface area (Å²) in [7, 11) is 0. The highest BCUT2D eigenvalue weighted by Gasteiger charge is 2.19. The summed E-state index contributed by atoms with van der Waals surface area (Å²) in [5.74, 6) is 1.07. The minimum atomic E-state index is 0.452. The van der Waals surface area contributed by atoms with Crippen LogP contribution in [-0.4, -0.2) is 18.3 Å². The van der Waals surface area contributed by atoms with Crippen LogP contribution in [0.1, 0.15) is 12.0 Å². The number of rotatable bonds is 2. The minimum absolute atomic E-state index is 0.452. The molecular weight excluding hydrogens is 228 g/mol. The Labute approximate surface area is 99.6 Å². The number of aryl methyl sites for hydroxylation is 1. The van der Waals surface area contributed by atoms with Crippen LogP contribution in [0.4, 0.5) is 5.69 Å². The zero-order valence-electron chi connectivity index (χ0n) is 8.72. The van der Waals surface area contributed by atoms with Crippen molar-refractivity contribution in [2.24, 2.45) is 5.73 Å². The fraction of sp³-hybridized carbons (Fsp3) is 0.455. The van der Waals surface area contributed by atoms with Crippen molar-refractivity contribution in [3.63, 3.8) is 0 Å². The Morgan fingerprint density at radius 1 is 1.60 bits per heavy atom. The highest BCUT2D eigenvalue weighted by Crippen LogP contribution is 2.39. The highest BCUT2D eigenvalue weighted by atomic mass is 35.5. The second-order valence-corrected chi connectivity index (χ2v) is 5.32. The van der Waals surface area contributed by atoms with Crippen LogP contribution in [0.3, 0.4) is 0 Å². The molecule has 0 saturated carbocycles. The summed E-state index contributed by atoms with van der Waals surface area (Å²) in [6.07, 6.45) is 0.997. The maximum Gasteiger partial charge on any atom is 0.0670 e. The van der Waals surface area contributed by atoms with Crippen molar-refractivity contribution in [3.05, 3.63) is 22.7 Å². The molecule has 2 nitrogen and oxygen atoms in total. The van der Waals surface area contributed by atoms with Crippen molar-refractivity contribution in [1.29, 1.82) is 0 Å². The maximum absolute atomic E-state index is 6.21. The average molecular weight is 243 g/mol. The molecule has 2 rings (SSSR count). The van der Waals surface area contributed by atoms with Gasteiger partial charge in [-0.25, -0.2) is 0 Å². The third-order valence-electron chi connectivity index (χ3n) is 2.50. The molecule has 1 aromatic rings. The average Bonchev–Trinajstić information content (AvgIpc) is 2.19. The second-order valence-electron chi connectivity index (χ2n) is 3.85. The van der Waals surface area contributed by atoms with Crippen molar-refractivity contribution in [3.8, 4) is 0 Å². The summed E-state index contributed by atoms with van der Waals surface area (Å²) in [4.78, 5) is 1.26. The number of thioether (sulfide) groups is 1. The van der Waals surface area contributed by atoms with E-state index in [9.17, 15) is 0 Å². The lowest BCUT2D eigenvalue weighted by Gasteiger charge is -2.27. The lowest BCUT2D eigenvalue weighted by atomic mass is 10.2. The predicted octanol–water partition coefficient (Wildman–Crippen LogP) is 2.88. The molecule has 0 saturated heterocycles. The number of nitrogens with one attached hydrogen (secondary N) is 1. The van der Waals surface area contributed by atoms with Gasteiger partial charge in [-0.1, -0.05) is 11.6 Å². The summed E-state index contributed by atoms with van der Waals surface area (Å²) in [6.45, 7) is 2.79. The monoisotopic (exact) mass is 242 g/mol. The Kier molecular flexibility index (Phi) is 3.44. The molecule has 0 spiro atoms. The molecule has 4 heteroatoms. The number of benzene rings is 1. The Hall–Kier alpha value is -0.380. The zero-order chi connectivity index (χ0) is 10.8. The molecule has 0 bridgehead atoms. The number of anilines is 1. The molecule has 0 aromatic heterocycles. The number of hydrogen-bond acceptors (Lipinski definition) is 3. The zero-order valence-corrected chi connectivity index (χ0v) is 10.3. The van der Waals surface area contributed by atoms with Gasteiger partial charge in [-0.3, -0.25) is 0 Å². The number of nitrogens with two attached hydrogens (primary N) is 1. The van der Waals surface area contributed by atoms with Gasteiger partial charge in [0.2, 0.25) is 0 Å². The molecule has 3 N–H and O–H groups in total. The minimum Gasteiger partial charge on any atom is -0.379 e. The Bertz CT molecular complexity index is 368. The van der Waals surface area contributed by atoms with Crippen LogP contribution in [0.5, 0.6) is 0 Å². The Morgan fingerprint density at radius 2 is 2.40 bits per heavy atom. The quantitative estimate of drug-likeness (QED) is 0.838. The van der Waals surface area contributed by atoms with E-state index in [2.05, 4.69) is 18.3 Å². The van der Waals surface area contributed by atoms with Gasteiger partial charge in [0, 0.05) is 16.7 Å². The van der Waals surface area contributed by atoms with E-state index in [1.54, 1.807) is 0 Å². The van der Waals surface area contributed by atoms with Gasteiger partial charge in [-0.15, -0.1) is 11.8 Å². The van der Waals surface area contributed by atoms with Gasteiger partial charge in [0.1, 0.15) is 0 Å². The number of hydrogen-bond donors (Lipinski definition) is 2. The lowest BCUT2D eigenvalue weighted by Crippen LogP contribution is -2.28. The third-order valence-corrected chi connectivity index (χ3v) is 4.00. The van der Waals surface area contributed by atoms with Gasteiger partial charge in [0.25, 0.3) is 0 Å². The van der Waals surface area contributed by atoms with Crippen molar-refractivity contribution < 1.29 is 0 Å². The van der Waals surface area contributed by atoms with Gasteiger partial charge in [0.15, 0.2) is 0 Å². The van der Waals surface area contributed by atoms with Gasteiger partial charge < -0.3 is 11.1 Å². The molecule has 0 amide bonds. The van der Waals surface area contributed by atoms with E-state index in [0.717, 1.165) is 29.4 Å². The molecule has 0 radical (unpaired) electrons. The normalized spacial score (nSPS) is 19.5. The van der Waals surface area contributed by atoms with Crippen molar-refractivity contribution in [1.82, 2.24) is 0 Å². The van der Waals surface area contributed by atoms with Gasteiger partial charge in [-0.05, 0) is 37.6 Å². The molecule has 82 valence electrons. The number of fused-ring (bicyclic) bond motifs is 1. The topological polar surface area (TPSA) is 38.0 Å². The van der Waals surface area contributed by atoms with E-state index in [1.807, 2.05) is 17.8 Å². The molecule has 15 heavy (non-hydrogen) atoms. The van der Waals surface area contributed by atoms with Crippen molar-refractivity contribution in [2.45, 2.75) is 24.3 Å². The summed E-state index contributed by atoms with van der Waals surface area (Å²) in [5, 5.41) is 4.28. The third kappa shape index (κ3) is 2.41. The van der Waals surface area contributed by atoms with Gasteiger partial charge in [0.05, 0.1) is 10.7 Å². The van der Waals surface area contributed by atoms with E-state index in [4.69, 9.17) is 17.3 Å². The molecule has 1 aliphatic heterocycles. The standard InChI is InChI=1S/C11H15ClN2S/c1-7-4-9(12)11-10(5-7)15-6-8(14-11)2-3-13/h4-5,8,14H,2-3,6,13H2,1H3. The smallest absolute Gasteiger partial charge is 0.0670 e. The van der Waals surface area contributed by atoms with Crippen molar-refractivity contribution >= 4 is 29.1 Å². The molecule has 1 heterocycles. The first kappa shape index (κ1) is 11.1. The first-order valence-electron chi connectivity index (χ1n) is 5.10. The van der Waals surface area contributed by atoms with E-state index in [0.29, 0.717) is 6.04 Å². The first-order valence-corrected chi connectivity index (χ1v) is 6.46. The SMILES string of the molecule is Cc1cc(Cl)c2c(c1)SCC(CCN)N2. The molecular formula is C11H15ClN2S. The van der Waals surface area contributed by atoms with Crippen molar-refractivity contribution in [2.75, 3.05) is 17.6 Å². The summed E-state index contributed by atoms with van der Waals surface area (Å²) >= 11 is 8.07. The summed E-state index contributed by atoms with van der Waals surface area (Å²) in [5.41, 5.74) is 7.85. The first-order chi connectivity index (χ1) is 7.20.